The fourth-order valence-electron chi connectivity index (χ4n) is 3.61. The highest BCUT2D eigenvalue weighted by Gasteiger charge is 2.28. The van der Waals surface area contributed by atoms with Crippen LogP contribution >= 0.6 is 0 Å². The molecule has 1 N–H and O–H groups in total. The van der Waals surface area contributed by atoms with Crippen LogP contribution < -0.4 is 9.46 Å². The van der Waals surface area contributed by atoms with Crippen LogP contribution in [-0.4, -0.2) is 42.5 Å². The van der Waals surface area contributed by atoms with Crippen molar-refractivity contribution in [3.63, 3.8) is 0 Å². The molecule has 0 bridgehead atoms. The number of aromatic nitrogens is 3. The molecule has 2 aromatic rings. The van der Waals surface area contributed by atoms with Crippen molar-refractivity contribution in [1.82, 2.24) is 19.5 Å². The number of nitrogens with one attached hydrogen (secondary N) is 1. The molecule has 3 rings (SSSR count). The Morgan fingerprint density at radius 1 is 1.31 bits per heavy atom. The number of rotatable bonds is 9. The summed E-state index contributed by atoms with van der Waals surface area (Å²) >= 11 is 0. The van der Waals surface area contributed by atoms with Gasteiger partial charge in [0.2, 0.25) is 10.0 Å². The van der Waals surface area contributed by atoms with Gasteiger partial charge < -0.3 is 9.30 Å². The van der Waals surface area contributed by atoms with Crippen LogP contribution in [0.25, 0.3) is 0 Å². The van der Waals surface area contributed by atoms with Crippen LogP contribution in [0.1, 0.15) is 50.4 Å². The number of unbranched alkanes of at least 4 members (excludes halogenated alkanes) is 1. The number of nitrogens with zero attached hydrogens (tertiary/aromatic N) is 3. The predicted octanol–water partition coefficient (Wildman–Crippen LogP) is 3.32. The Morgan fingerprint density at radius 3 is 2.83 bits per heavy atom. The molecule has 0 radical (unpaired) electrons. The third-order valence-electron chi connectivity index (χ3n) is 5.11. The zero-order chi connectivity index (χ0) is 20.9. The lowest BCUT2D eigenvalue weighted by Gasteiger charge is -2.30. The van der Waals surface area contributed by atoms with Gasteiger partial charge in [-0.25, -0.2) is 17.5 Å². The van der Waals surface area contributed by atoms with Crippen LogP contribution in [0.15, 0.2) is 29.4 Å². The Balaban J connectivity index is 1.64. The van der Waals surface area contributed by atoms with Crippen molar-refractivity contribution >= 4 is 10.0 Å². The topological polar surface area (TPSA) is 86.1 Å². The van der Waals surface area contributed by atoms with E-state index in [0.29, 0.717) is 19.3 Å². The molecule has 160 valence electrons. The first-order chi connectivity index (χ1) is 13.9. The summed E-state index contributed by atoms with van der Waals surface area (Å²) in [6.45, 7) is 1.59. The highest BCUT2D eigenvalue weighted by molar-refractivity contribution is 7.89. The zero-order valence-electron chi connectivity index (χ0n) is 16.4. The van der Waals surface area contributed by atoms with Crippen molar-refractivity contribution < 1.29 is 21.9 Å². The predicted molar refractivity (Wildman–Crippen MR) is 103 cm³/mol. The van der Waals surface area contributed by atoms with E-state index in [-0.39, 0.29) is 29.3 Å². The monoisotopic (exact) mass is 428 g/mol. The van der Waals surface area contributed by atoms with E-state index in [9.17, 15) is 17.2 Å². The second-order valence-electron chi connectivity index (χ2n) is 7.26. The van der Waals surface area contributed by atoms with Gasteiger partial charge in [0.25, 0.3) is 0 Å². The molecule has 7 nitrogen and oxygen atoms in total. The smallest absolute Gasteiger partial charge is 0.240 e. The van der Waals surface area contributed by atoms with E-state index in [1.54, 1.807) is 6.33 Å². The standard InChI is InChI=1S/C19H26F2N4O3S/c1-14-23-22-13-25(14)16-6-4-5-15(11-16)24-29(26,27)17-7-8-19(18(21)12-17)28-10-3-2-9-20/h7-8,12-13,15-16,24H,2-6,9-11H2,1H3. The Kier molecular flexibility index (Phi) is 7.18. The Hall–Kier alpha value is -2.07. The fraction of sp³-hybridized carbons (Fsp3) is 0.579. The summed E-state index contributed by atoms with van der Waals surface area (Å²) in [6, 6.07) is 3.45. The third-order valence-corrected chi connectivity index (χ3v) is 6.63. The molecule has 1 aromatic heterocycles. The van der Waals surface area contributed by atoms with Crippen LogP contribution in [-0.2, 0) is 10.0 Å². The number of alkyl halides is 1. The average Bonchev–Trinajstić information content (AvgIpc) is 3.12. The molecule has 1 saturated carbocycles. The highest BCUT2D eigenvalue weighted by Crippen LogP contribution is 2.30. The van der Waals surface area contributed by atoms with Gasteiger partial charge >= 0.3 is 0 Å². The van der Waals surface area contributed by atoms with Crippen LogP contribution in [0.2, 0.25) is 0 Å². The van der Waals surface area contributed by atoms with Crippen molar-refractivity contribution in [2.45, 2.75) is 62.4 Å². The fourth-order valence-corrected chi connectivity index (χ4v) is 4.91. The lowest BCUT2D eigenvalue weighted by molar-refractivity contribution is 0.284. The number of sulfonamides is 1. The molecule has 1 aliphatic carbocycles. The van der Waals surface area contributed by atoms with E-state index in [1.807, 2.05) is 11.5 Å². The zero-order valence-corrected chi connectivity index (χ0v) is 17.2. The summed E-state index contributed by atoms with van der Waals surface area (Å²) in [5.74, 6) is 0.000983. The molecule has 1 heterocycles. The van der Waals surface area contributed by atoms with Gasteiger partial charge in [-0.05, 0) is 63.6 Å². The van der Waals surface area contributed by atoms with Gasteiger partial charge in [0.05, 0.1) is 18.2 Å². The molecular formula is C19H26F2N4O3S. The number of hydrogen-bond acceptors (Lipinski definition) is 5. The summed E-state index contributed by atoms with van der Waals surface area (Å²) < 4.78 is 61.7. The maximum absolute atomic E-state index is 14.3. The number of aryl methyl sites for hydroxylation is 1. The van der Waals surface area contributed by atoms with Gasteiger partial charge in [0, 0.05) is 12.1 Å². The molecular weight excluding hydrogens is 402 g/mol. The summed E-state index contributed by atoms with van der Waals surface area (Å²) in [5, 5.41) is 7.89. The van der Waals surface area contributed by atoms with E-state index >= 15 is 0 Å². The number of halogens is 2. The van der Waals surface area contributed by atoms with E-state index in [1.165, 1.54) is 12.1 Å². The van der Waals surface area contributed by atoms with Gasteiger partial charge in [-0.2, -0.15) is 0 Å². The van der Waals surface area contributed by atoms with Crippen molar-refractivity contribution in [3.8, 4) is 5.75 Å². The van der Waals surface area contributed by atoms with Crippen molar-refractivity contribution in [2.24, 2.45) is 0 Å². The first kappa shape index (κ1) is 21.6. The summed E-state index contributed by atoms with van der Waals surface area (Å²) in [5.41, 5.74) is 0. The maximum Gasteiger partial charge on any atom is 0.240 e. The van der Waals surface area contributed by atoms with Gasteiger partial charge in [-0.1, -0.05) is 0 Å². The SMILES string of the molecule is Cc1nncn1C1CCCC(NS(=O)(=O)c2ccc(OCCCCF)c(F)c2)C1. The second-order valence-corrected chi connectivity index (χ2v) is 8.97. The first-order valence-electron chi connectivity index (χ1n) is 9.77. The molecule has 0 aliphatic heterocycles. The van der Waals surface area contributed by atoms with Crippen LogP contribution in [0.5, 0.6) is 5.75 Å². The van der Waals surface area contributed by atoms with Crippen molar-refractivity contribution in [3.05, 3.63) is 36.2 Å². The molecule has 0 spiro atoms. The van der Waals surface area contributed by atoms with E-state index in [0.717, 1.165) is 31.2 Å². The van der Waals surface area contributed by atoms with Crippen LogP contribution in [0, 0.1) is 12.7 Å². The lowest BCUT2D eigenvalue weighted by atomic mass is 9.91. The van der Waals surface area contributed by atoms with Crippen LogP contribution in [0.3, 0.4) is 0 Å². The minimum atomic E-state index is -3.87. The van der Waals surface area contributed by atoms with Crippen molar-refractivity contribution in [1.29, 1.82) is 0 Å². The van der Waals surface area contributed by atoms with Gasteiger partial charge in [0.1, 0.15) is 12.2 Å². The molecule has 29 heavy (non-hydrogen) atoms. The van der Waals surface area contributed by atoms with E-state index in [2.05, 4.69) is 14.9 Å². The number of benzene rings is 1. The number of hydrogen-bond donors (Lipinski definition) is 1. The normalized spacial score (nSPS) is 20.0. The van der Waals surface area contributed by atoms with Crippen LogP contribution in [0.4, 0.5) is 8.78 Å². The molecule has 1 fully saturated rings. The quantitative estimate of drug-likeness (QED) is 0.619. The molecule has 0 saturated heterocycles. The Bertz CT molecular complexity index is 920. The Labute approximate surface area is 169 Å². The maximum atomic E-state index is 14.3. The van der Waals surface area contributed by atoms with Gasteiger partial charge in [-0.3, -0.25) is 4.39 Å². The third kappa shape index (κ3) is 5.51. The summed E-state index contributed by atoms with van der Waals surface area (Å²) in [4.78, 5) is -0.145. The lowest BCUT2D eigenvalue weighted by Crippen LogP contribution is -2.39. The second kappa shape index (κ2) is 9.62. The largest absolute Gasteiger partial charge is 0.491 e. The molecule has 10 heteroatoms. The van der Waals surface area contributed by atoms with E-state index < -0.39 is 22.5 Å². The van der Waals surface area contributed by atoms with Crippen molar-refractivity contribution in [2.75, 3.05) is 13.3 Å². The molecule has 2 atom stereocenters. The molecule has 2 unspecified atom stereocenters. The first-order valence-corrected chi connectivity index (χ1v) is 11.3. The van der Waals surface area contributed by atoms with Gasteiger partial charge in [-0.15, -0.1) is 10.2 Å². The number of ether oxygens (including phenoxy) is 1. The minimum absolute atomic E-state index is 0.0383. The minimum Gasteiger partial charge on any atom is -0.491 e. The average molecular weight is 429 g/mol. The molecule has 1 aliphatic rings. The summed E-state index contributed by atoms with van der Waals surface area (Å²) in [7, 11) is -3.87. The molecule has 0 amide bonds. The summed E-state index contributed by atoms with van der Waals surface area (Å²) in [6.07, 6.45) is 5.61. The van der Waals surface area contributed by atoms with E-state index in [4.69, 9.17) is 4.74 Å². The van der Waals surface area contributed by atoms with Gasteiger partial charge in [0.15, 0.2) is 11.6 Å². The highest BCUT2D eigenvalue weighted by atomic mass is 32.2. The Morgan fingerprint density at radius 2 is 2.14 bits per heavy atom. The molecule has 1 aromatic carbocycles.